The first kappa shape index (κ1) is 14.3. The highest BCUT2D eigenvalue weighted by Crippen LogP contribution is 2.32. The number of alkyl halides is 1. The largest absolute Gasteiger partial charge is 0.455 e. The zero-order chi connectivity index (χ0) is 12.9. The van der Waals surface area contributed by atoms with Gasteiger partial charge in [-0.05, 0) is 6.92 Å². The average molecular weight is 252 g/mol. The van der Waals surface area contributed by atoms with Gasteiger partial charge in [0.15, 0.2) is 6.10 Å². The summed E-state index contributed by atoms with van der Waals surface area (Å²) in [7, 11) is 2.86. The molecule has 0 spiro atoms. The standard InChI is InChI=1S/C10H17FO6/c1-10(11)8(16-6-14-3)7(17-9(10)12)4-15-5-13-2/h7-8H,4-6H2,1-3H3/t7?,8-,10-/m1/s1. The number of ether oxygens (including phenoxy) is 5. The van der Waals surface area contributed by atoms with Crippen molar-refractivity contribution in [3.8, 4) is 0 Å². The molecule has 17 heavy (non-hydrogen) atoms. The van der Waals surface area contributed by atoms with Crippen molar-refractivity contribution in [2.75, 3.05) is 34.4 Å². The van der Waals surface area contributed by atoms with Crippen molar-refractivity contribution < 1.29 is 32.9 Å². The van der Waals surface area contributed by atoms with Crippen molar-refractivity contribution >= 4 is 5.97 Å². The SMILES string of the molecule is COCOCC1OC(=O)[C@](C)(F)[C@@H]1OCOC. The Morgan fingerprint density at radius 3 is 2.59 bits per heavy atom. The van der Waals surface area contributed by atoms with E-state index in [4.69, 9.17) is 14.2 Å². The highest BCUT2D eigenvalue weighted by molar-refractivity contribution is 5.82. The van der Waals surface area contributed by atoms with Gasteiger partial charge in [0, 0.05) is 14.2 Å². The second-order valence-electron chi connectivity index (χ2n) is 3.79. The molecule has 7 heteroatoms. The van der Waals surface area contributed by atoms with E-state index in [-0.39, 0.29) is 20.2 Å². The van der Waals surface area contributed by atoms with Gasteiger partial charge in [0.1, 0.15) is 19.7 Å². The lowest BCUT2D eigenvalue weighted by atomic mass is 10.0. The first-order valence-electron chi connectivity index (χ1n) is 5.11. The van der Waals surface area contributed by atoms with Crippen molar-refractivity contribution in [1.82, 2.24) is 0 Å². The zero-order valence-electron chi connectivity index (χ0n) is 10.1. The maximum absolute atomic E-state index is 14.0. The van der Waals surface area contributed by atoms with Crippen LogP contribution in [0.15, 0.2) is 0 Å². The van der Waals surface area contributed by atoms with Crippen LogP contribution in [0.1, 0.15) is 6.92 Å². The van der Waals surface area contributed by atoms with Gasteiger partial charge in [-0.2, -0.15) is 0 Å². The molecular formula is C10H17FO6. The molecule has 1 rings (SSSR count). The lowest BCUT2D eigenvalue weighted by molar-refractivity contribution is -0.152. The van der Waals surface area contributed by atoms with Crippen LogP contribution in [-0.4, -0.2) is 58.3 Å². The molecule has 100 valence electrons. The van der Waals surface area contributed by atoms with Gasteiger partial charge in [0.2, 0.25) is 5.67 Å². The lowest BCUT2D eigenvalue weighted by Crippen LogP contribution is -2.43. The smallest absolute Gasteiger partial charge is 0.346 e. The van der Waals surface area contributed by atoms with Crippen LogP contribution in [0.25, 0.3) is 0 Å². The lowest BCUT2D eigenvalue weighted by Gasteiger charge is -2.22. The Labute approximate surface area is 98.9 Å². The Hall–Kier alpha value is -0.760. The first-order chi connectivity index (χ1) is 8.04. The minimum atomic E-state index is -2.19. The van der Waals surface area contributed by atoms with Gasteiger partial charge < -0.3 is 23.7 Å². The van der Waals surface area contributed by atoms with Crippen LogP contribution in [0.4, 0.5) is 4.39 Å². The summed E-state index contributed by atoms with van der Waals surface area (Å²) < 4.78 is 38.4. The normalized spacial score (nSPS) is 32.8. The topological polar surface area (TPSA) is 63.2 Å². The number of esters is 1. The number of halogens is 1. The number of cyclic esters (lactones) is 1. The van der Waals surface area contributed by atoms with Gasteiger partial charge in [0.25, 0.3) is 0 Å². The summed E-state index contributed by atoms with van der Waals surface area (Å²) in [5.74, 6) is -0.954. The predicted molar refractivity (Wildman–Crippen MR) is 54.0 cm³/mol. The molecule has 0 aromatic rings. The molecule has 1 aliphatic rings. The Morgan fingerprint density at radius 1 is 1.35 bits per heavy atom. The third-order valence-electron chi connectivity index (χ3n) is 2.38. The Kier molecular flexibility index (Phi) is 5.26. The molecule has 1 unspecified atom stereocenters. The molecule has 1 saturated heterocycles. The minimum absolute atomic E-state index is 0.00741. The fourth-order valence-electron chi connectivity index (χ4n) is 1.55. The summed E-state index contributed by atoms with van der Waals surface area (Å²) in [6.07, 6.45) is -1.85. The molecular weight excluding hydrogens is 235 g/mol. The van der Waals surface area contributed by atoms with Crippen LogP contribution >= 0.6 is 0 Å². The van der Waals surface area contributed by atoms with Gasteiger partial charge in [-0.1, -0.05) is 0 Å². The minimum Gasteiger partial charge on any atom is -0.455 e. The highest BCUT2D eigenvalue weighted by atomic mass is 19.1. The molecule has 0 N–H and O–H groups in total. The molecule has 1 heterocycles. The van der Waals surface area contributed by atoms with Crippen molar-refractivity contribution in [2.24, 2.45) is 0 Å². The molecule has 0 aromatic heterocycles. The Balaban J connectivity index is 2.58. The van der Waals surface area contributed by atoms with Gasteiger partial charge in [-0.15, -0.1) is 0 Å². The quantitative estimate of drug-likeness (QED) is 0.367. The molecule has 0 saturated carbocycles. The van der Waals surface area contributed by atoms with Crippen LogP contribution in [0, 0.1) is 0 Å². The molecule has 1 aliphatic heterocycles. The summed E-state index contributed by atoms with van der Waals surface area (Å²) in [5.41, 5.74) is -2.19. The van der Waals surface area contributed by atoms with Gasteiger partial charge >= 0.3 is 5.97 Å². The fraction of sp³-hybridized carbons (Fsp3) is 0.900. The average Bonchev–Trinajstić information content (AvgIpc) is 2.48. The van der Waals surface area contributed by atoms with E-state index in [1.807, 2.05) is 0 Å². The van der Waals surface area contributed by atoms with Crippen molar-refractivity contribution in [1.29, 1.82) is 0 Å². The second-order valence-corrected chi connectivity index (χ2v) is 3.79. The van der Waals surface area contributed by atoms with E-state index >= 15 is 0 Å². The fourth-order valence-corrected chi connectivity index (χ4v) is 1.55. The van der Waals surface area contributed by atoms with Crippen LogP contribution in [0.2, 0.25) is 0 Å². The van der Waals surface area contributed by atoms with Crippen LogP contribution in [0.5, 0.6) is 0 Å². The first-order valence-corrected chi connectivity index (χ1v) is 5.11. The van der Waals surface area contributed by atoms with E-state index < -0.39 is 23.8 Å². The maximum atomic E-state index is 14.0. The van der Waals surface area contributed by atoms with Crippen molar-refractivity contribution in [3.05, 3.63) is 0 Å². The highest BCUT2D eigenvalue weighted by Gasteiger charge is 2.56. The van der Waals surface area contributed by atoms with Crippen LogP contribution in [0.3, 0.4) is 0 Å². The third kappa shape index (κ3) is 3.35. The monoisotopic (exact) mass is 252 g/mol. The Morgan fingerprint density at radius 2 is 2.00 bits per heavy atom. The van der Waals surface area contributed by atoms with Crippen molar-refractivity contribution in [3.63, 3.8) is 0 Å². The van der Waals surface area contributed by atoms with Crippen LogP contribution < -0.4 is 0 Å². The van der Waals surface area contributed by atoms with E-state index in [2.05, 4.69) is 9.47 Å². The number of carbonyl (C=O) groups is 1. The molecule has 0 bridgehead atoms. The molecule has 6 nitrogen and oxygen atoms in total. The third-order valence-corrected chi connectivity index (χ3v) is 2.38. The number of carbonyl (C=O) groups excluding carboxylic acids is 1. The Bertz CT molecular complexity index is 257. The van der Waals surface area contributed by atoms with E-state index in [0.717, 1.165) is 6.92 Å². The second kappa shape index (κ2) is 6.25. The number of hydrogen-bond acceptors (Lipinski definition) is 6. The van der Waals surface area contributed by atoms with E-state index in [0.29, 0.717) is 0 Å². The number of methoxy groups -OCH3 is 2. The molecule has 0 radical (unpaired) electrons. The van der Waals surface area contributed by atoms with Crippen molar-refractivity contribution in [2.45, 2.75) is 24.8 Å². The number of hydrogen-bond donors (Lipinski definition) is 0. The summed E-state index contributed by atoms with van der Waals surface area (Å²) in [4.78, 5) is 11.3. The number of rotatable bonds is 7. The van der Waals surface area contributed by atoms with Gasteiger partial charge in [-0.3, -0.25) is 0 Å². The summed E-state index contributed by atoms with van der Waals surface area (Å²) in [6, 6.07) is 0. The summed E-state index contributed by atoms with van der Waals surface area (Å²) in [6.45, 7) is 1.04. The van der Waals surface area contributed by atoms with E-state index in [9.17, 15) is 9.18 Å². The molecule has 0 aliphatic carbocycles. The van der Waals surface area contributed by atoms with E-state index in [1.54, 1.807) is 0 Å². The van der Waals surface area contributed by atoms with Gasteiger partial charge in [0.05, 0.1) is 6.61 Å². The molecule has 0 aromatic carbocycles. The van der Waals surface area contributed by atoms with Crippen LogP contribution in [-0.2, 0) is 28.5 Å². The molecule has 0 amide bonds. The summed E-state index contributed by atoms with van der Waals surface area (Å²) in [5, 5.41) is 0. The summed E-state index contributed by atoms with van der Waals surface area (Å²) >= 11 is 0. The maximum Gasteiger partial charge on any atom is 0.346 e. The predicted octanol–water partition coefficient (Wildman–Crippen LogP) is 0.250. The van der Waals surface area contributed by atoms with E-state index in [1.165, 1.54) is 14.2 Å². The zero-order valence-corrected chi connectivity index (χ0v) is 10.1. The molecule has 3 atom stereocenters. The molecule has 1 fully saturated rings. The van der Waals surface area contributed by atoms with Gasteiger partial charge in [-0.25, -0.2) is 9.18 Å².